The van der Waals surface area contributed by atoms with Gasteiger partial charge in [-0.1, -0.05) is 43.5 Å². The summed E-state index contributed by atoms with van der Waals surface area (Å²) in [6, 6.07) is 13.6. The summed E-state index contributed by atoms with van der Waals surface area (Å²) in [5.41, 5.74) is 1.86. The van der Waals surface area contributed by atoms with Crippen molar-refractivity contribution in [1.29, 1.82) is 0 Å². The molecule has 0 saturated carbocycles. The van der Waals surface area contributed by atoms with E-state index in [4.69, 9.17) is 4.74 Å². The first-order valence-corrected chi connectivity index (χ1v) is 6.24. The number of para-hydroxylation sites is 2. The second-order valence-electron chi connectivity index (χ2n) is 4.35. The first kappa shape index (κ1) is 12.2. The smallest absolute Gasteiger partial charge is 0.335 e. The van der Waals surface area contributed by atoms with E-state index in [1.54, 1.807) is 12.3 Å². The van der Waals surface area contributed by atoms with Crippen LogP contribution in [0.3, 0.4) is 0 Å². The molecule has 0 fully saturated rings. The molecule has 0 spiro atoms. The zero-order valence-electron chi connectivity index (χ0n) is 10.9. The van der Waals surface area contributed by atoms with E-state index in [1.807, 2.05) is 41.0 Å². The third-order valence-corrected chi connectivity index (χ3v) is 3.25. The number of rotatable bonds is 3. The van der Waals surface area contributed by atoms with Gasteiger partial charge >= 0.3 is 5.97 Å². The van der Waals surface area contributed by atoms with E-state index < -0.39 is 5.97 Å². The molecule has 20 heavy (non-hydrogen) atoms. The number of fused-ring (bicyclic) bond motifs is 3. The third-order valence-electron chi connectivity index (χ3n) is 3.25. The Kier molecular flexibility index (Phi) is 2.88. The predicted molar refractivity (Wildman–Crippen MR) is 81.7 cm³/mol. The summed E-state index contributed by atoms with van der Waals surface area (Å²) in [6.07, 6.45) is 2.87. The van der Waals surface area contributed by atoms with Crippen LogP contribution in [-0.2, 0) is 4.79 Å². The molecule has 0 saturated heterocycles. The normalized spacial score (nSPS) is 10.6. The van der Waals surface area contributed by atoms with Crippen molar-refractivity contribution < 1.29 is 9.53 Å². The van der Waals surface area contributed by atoms with E-state index in [1.165, 1.54) is 0 Å². The van der Waals surface area contributed by atoms with Gasteiger partial charge in [-0.15, -0.1) is 0 Å². The Morgan fingerprint density at radius 2 is 1.80 bits per heavy atom. The Balaban J connectivity index is 2.41. The summed E-state index contributed by atoms with van der Waals surface area (Å²) in [5.74, 6) is 0.0295. The van der Waals surface area contributed by atoms with E-state index >= 15 is 0 Å². The van der Waals surface area contributed by atoms with Crippen LogP contribution in [0.1, 0.15) is 0 Å². The minimum Gasteiger partial charge on any atom is -0.421 e. The number of carbonyl (C=O) groups is 1. The summed E-state index contributed by atoms with van der Waals surface area (Å²) < 4.78 is 7.25. The molecular weight excluding hydrogens is 250 g/mol. The number of benzene rings is 2. The standard InChI is InChI=1S/C17H13NO2/c1-3-16(19)20-15-11-7-9-13-12-8-5-6-10-14(12)18(4-2)17(13)15/h3-11H,1-2H2. The van der Waals surface area contributed by atoms with Gasteiger partial charge in [-0.2, -0.15) is 0 Å². The van der Waals surface area contributed by atoms with Crippen molar-refractivity contribution in [2.75, 3.05) is 0 Å². The van der Waals surface area contributed by atoms with E-state index in [2.05, 4.69) is 13.2 Å². The first-order valence-electron chi connectivity index (χ1n) is 6.24. The van der Waals surface area contributed by atoms with Crippen molar-refractivity contribution in [3.05, 3.63) is 61.7 Å². The van der Waals surface area contributed by atoms with Gasteiger partial charge < -0.3 is 9.30 Å². The van der Waals surface area contributed by atoms with Crippen LogP contribution in [0, 0.1) is 0 Å². The van der Waals surface area contributed by atoms with E-state index in [9.17, 15) is 4.79 Å². The lowest BCUT2D eigenvalue weighted by molar-refractivity contribution is -0.128. The van der Waals surface area contributed by atoms with Crippen LogP contribution in [0.4, 0.5) is 0 Å². The Labute approximate surface area is 116 Å². The number of carbonyl (C=O) groups excluding carboxylic acids is 1. The van der Waals surface area contributed by atoms with Crippen molar-refractivity contribution >= 4 is 34.0 Å². The Hall–Kier alpha value is -2.81. The fourth-order valence-corrected chi connectivity index (χ4v) is 2.44. The number of hydrogen-bond acceptors (Lipinski definition) is 2. The van der Waals surface area contributed by atoms with Crippen LogP contribution >= 0.6 is 0 Å². The molecule has 3 nitrogen and oxygen atoms in total. The van der Waals surface area contributed by atoms with Crippen molar-refractivity contribution in [3.8, 4) is 5.75 Å². The van der Waals surface area contributed by atoms with Gasteiger partial charge in [0.1, 0.15) is 0 Å². The lowest BCUT2D eigenvalue weighted by atomic mass is 10.1. The SMILES string of the molecule is C=CC(=O)Oc1cccc2c3ccccc3n(C=C)c12. The third kappa shape index (κ3) is 1.72. The van der Waals surface area contributed by atoms with Gasteiger partial charge in [-0.3, -0.25) is 0 Å². The second kappa shape index (κ2) is 4.70. The topological polar surface area (TPSA) is 31.2 Å². The fourth-order valence-electron chi connectivity index (χ4n) is 2.44. The molecule has 0 N–H and O–H groups in total. The summed E-state index contributed by atoms with van der Waals surface area (Å²) in [6.45, 7) is 7.27. The molecule has 98 valence electrons. The van der Waals surface area contributed by atoms with Crippen LogP contribution < -0.4 is 4.74 Å². The molecule has 0 bridgehead atoms. The minimum absolute atomic E-state index is 0.474. The van der Waals surface area contributed by atoms with Crippen molar-refractivity contribution in [1.82, 2.24) is 4.57 Å². The van der Waals surface area contributed by atoms with Gasteiger partial charge in [0.15, 0.2) is 5.75 Å². The molecule has 0 radical (unpaired) electrons. The zero-order chi connectivity index (χ0) is 14.1. The van der Waals surface area contributed by atoms with Crippen LogP contribution in [0.5, 0.6) is 5.75 Å². The van der Waals surface area contributed by atoms with E-state index in [0.29, 0.717) is 5.75 Å². The number of aromatic nitrogens is 1. The number of hydrogen-bond donors (Lipinski definition) is 0. The quantitative estimate of drug-likeness (QED) is 0.406. The maximum Gasteiger partial charge on any atom is 0.335 e. The Bertz CT molecular complexity index is 843. The van der Waals surface area contributed by atoms with Gasteiger partial charge in [-0.05, 0) is 12.1 Å². The van der Waals surface area contributed by atoms with Crippen LogP contribution in [-0.4, -0.2) is 10.5 Å². The van der Waals surface area contributed by atoms with Crippen LogP contribution in [0.2, 0.25) is 0 Å². The molecule has 0 aliphatic carbocycles. The first-order chi connectivity index (χ1) is 9.76. The highest BCUT2D eigenvalue weighted by molar-refractivity contribution is 6.11. The average Bonchev–Trinajstić information content (AvgIpc) is 2.82. The molecular formula is C17H13NO2. The monoisotopic (exact) mass is 263 g/mol. The molecule has 3 rings (SSSR count). The molecule has 0 aliphatic rings. The zero-order valence-corrected chi connectivity index (χ0v) is 10.9. The highest BCUT2D eigenvalue weighted by Crippen LogP contribution is 2.34. The summed E-state index contributed by atoms with van der Waals surface area (Å²) >= 11 is 0. The maximum absolute atomic E-state index is 11.5. The van der Waals surface area contributed by atoms with E-state index in [-0.39, 0.29) is 0 Å². The lowest BCUT2D eigenvalue weighted by Crippen LogP contribution is -2.04. The lowest BCUT2D eigenvalue weighted by Gasteiger charge is -2.06. The molecule has 0 amide bonds. The predicted octanol–water partition coefficient (Wildman–Crippen LogP) is 3.99. The van der Waals surface area contributed by atoms with Crippen molar-refractivity contribution in [2.24, 2.45) is 0 Å². The molecule has 2 aromatic carbocycles. The van der Waals surface area contributed by atoms with E-state index in [0.717, 1.165) is 27.9 Å². The fraction of sp³-hybridized carbons (Fsp3) is 0. The van der Waals surface area contributed by atoms with Gasteiger partial charge in [-0.25, -0.2) is 4.79 Å². The molecule has 0 atom stereocenters. The summed E-state index contributed by atoms with van der Waals surface area (Å²) in [7, 11) is 0. The van der Waals surface area contributed by atoms with Gasteiger partial charge in [0.25, 0.3) is 0 Å². The minimum atomic E-state index is -0.474. The molecule has 1 heterocycles. The van der Waals surface area contributed by atoms with Gasteiger partial charge in [0, 0.05) is 23.0 Å². The van der Waals surface area contributed by atoms with Crippen LogP contribution in [0.15, 0.2) is 61.7 Å². The van der Waals surface area contributed by atoms with Crippen molar-refractivity contribution in [2.45, 2.75) is 0 Å². The van der Waals surface area contributed by atoms with Crippen LogP contribution in [0.25, 0.3) is 28.0 Å². The highest BCUT2D eigenvalue weighted by atomic mass is 16.5. The number of esters is 1. The summed E-state index contributed by atoms with van der Waals surface area (Å²) in [4.78, 5) is 11.5. The Morgan fingerprint density at radius 3 is 2.55 bits per heavy atom. The molecule has 3 aromatic rings. The molecule has 0 aliphatic heterocycles. The van der Waals surface area contributed by atoms with Gasteiger partial charge in [0.05, 0.1) is 11.0 Å². The Morgan fingerprint density at radius 1 is 1.05 bits per heavy atom. The largest absolute Gasteiger partial charge is 0.421 e. The second-order valence-corrected chi connectivity index (χ2v) is 4.35. The molecule has 0 unspecified atom stereocenters. The van der Waals surface area contributed by atoms with Gasteiger partial charge in [0.2, 0.25) is 0 Å². The highest BCUT2D eigenvalue weighted by Gasteiger charge is 2.14. The molecule has 1 aromatic heterocycles. The average molecular weight is 263 g/mol. The van der Waals surface area contributed by atoms with Crippen molar-refractivity contribution in [3.63, 3.8) is 0 Å². The summed E-state index contributed by atoms with van der Waals surface area (Å²) in [5, 5.41) is 2.12. The number of nitrogens with zero attached hydrogens (tertiary/aromatic N) is 1. The molecule has 3 heteroatoms. The number of ether oxygens (including phenoxy) is 1. The maximum atomic E-state index is 11.5.